The van der Waals surface area contributed by atoms with Crippen molar-refractivity contribution in [2.24, 2.45) is 5.92 Å². The van der Waals surface area contributed by atoms with Gasteiger partial charge in [-0.25, -0.2) is 9.71 Å². The molecule has 0 spiro atoms. The molecule has 0 radical (unpaired) electrons. The van der Waals surface area contributed by atoms with E-state index in [1.807, 2.05) is 0 Å². The molecule has 1 aliphatic carbocycles. The van der Waals surface area contributed by atoms with Crippen molar-refractivity contribution in [3.05, 3.63) is 42.1 Å². The average molecular weight is 473 g/mol. The summed E-state index contributed by atoms with van der Waals surface area (Å²) < 4.78 is 34.0. The lowest BCUT2D eigenvalue weighted by molar-refractivity contribution is 0.0981. The number of sulfonamides is 1. The molecular weight excluding hydrogens is 440 g/mol. The molecular formula is C24H32N4O4S. The van der Waals surface area contributed by atoms with Crippen LogP contribution in [0.15, 0.2) is 41.6 Å². The normalized spacial score (nSPS) is 21.1. The number of carbonyl (C=O) groups excluding carboxylic acids is 1. The number of ether oxygens (including phenoxy) is 1. The zero-order chi connectivity index (χ0) is 23.6. The molecule has 8 nitrogen and oxygen atoms in total. The Hall–Kier alpha value is -2.68. The van der Waals surface area contributed by atoms with Gasteiger partial charge in [-0.3, -0.25) is 4.79 Å². The molecule has 0 aromatic carbocycles. The van der Waals surface area contributed by atoms with Crippen molar-refractivity contribution in [2.45, 2.75) is 76.0 Å². The van der Waals surface area contributed by atoms with Gasteiger partial charge in [0, 0.05) is 24.3 Å². The molecule has 1 unspecified atom stereocenters. The van der Waals surface area contributed by atoms with Crippen LogP contribution in [0.25, 0.3) is 0 Å². The number of nitrogens with one attached hydrogen (secondary N) is 1. The molecule has 33 heavy (non-hydrogen) atoms. The highest BCUT2D eigenvalue weighted by Crippen LogP contribution is 2.38. The molecule has 2 fully saturated rings. The van der Waals surface area contributed by atoms with Crippen molar-refractivity contribution < 1.29 is 17.9 Å². The summed E-state index contributed by atoms with van der Waals surface area (Å²) in [6.45, 7) is 7.14. The van der Waals surface area contributed by atoms with Gasteiger partial charge >= 0.3 is 0 Å². The quantitative estimate of drug-likeness (QED) is 0.680. The highest BCUT2D eigenvalue weighted by atomic mass is 32.2. The van der Waals surface area contributed by atoms with E-state index in [4.69, 9.17) is 4.74 Å². The Bertz CT molecular complexity index is 1110. The number of nitrogens with zero attached hydrogens (tertiary/aromatic N) is 3. The van der Waals surface area contributed by atoms with E-state index in [1.165, 1.54) is 12.5 Å². The molecule has 2 aromatic heterocycles. The maximum atomic E-state index is 13.1. The van der Waals surface area contributed by atoms with Gasteiger partial charge in [0.1, 0.15) is 11.9 Å². The second kappa shape index (κ2) is 9.29. The maximum absolute atomic E-state index is 13.1. The summed E-state index contributed by atoms with van der Waals surface area (Å²) in [5, 5.41) is -0.246. The minimum atomic E-state index is -4.19. The number of anilines is 1. The first kappa shape index (κ1) is 23.5. The summed E-state index contributed by atoms with van der Waals surface area (Å²) in [4.78, 5) is 23.8. The molecule has 2 aliphatic rings. The number of hydrogen-bond acceptors (Lipinski definition) is 7. The van der Waals surface area contributed by atoms with E-state index in [0.29, 0.717) is 11.7 Å². The van der Waals surface area contributed by atoms with E-state index in [0.717, 1.165) is 38.6 Å². The van der Waals surface area contributed by atoms with Crippen LogP contribution in [0.4, 0.5) is 5.82 Å². The maximum Gasteiger partial charge on any atom is 0.281 e. The van der Waals surface area contributed by atoms with Crippen LogP contribution in [0, 0.1) is 5.92 Å². The molecule has 4 rings (SSSR count). The predicted octanol–water partition coefficient (Wildman–Crippen LogP) is 3.93. The molecule has 9 heteroatoms. The number of amides is 1. The summed E-state index contributed by atoms with van der Waals surface area (Å²) in [7, 11) is -4.19. The standard InChI is InChI=1S/C24H32N4O4S/c1-17-14-16-28(24(17,2)3)22-19(11-8-15-25-22)23(29)27-33(30,31)21-13-7-12-20(26-21)32-18-9-5-4-6-10-18/h7-8,11-13,15,17-18H,4-6,9-10,14,16H2,1-3H3,(H,27,29). The van der Waals surface area contributed by atoms with Crippen LogP contribution in [-0.2, 0) is 10.0 Å². The summed E-state index contributed by atoms with van der Waals surface area (Å²) in [5.74, 6) is 0.429. The molecule has 1 amide bonds. The van der Waals surface area contributed by atoms with Crippen LogP contribution in [0.5, 0.6) is 5.88 Å². The Kier molecular flexibility index (Phi) is 6.61. The zero-order valence-corrected chi connectivity index (χ0v) is 20.3. The van der Waals surface area contributed by atoms with E-state index in [2.05, 4.69) is 40.4 Å². The van der Waals surface area contributed by atoms with Crippen LogP contribution in [0.3, 0.4) is 0 Å². The predicted molar refractivity (Wildman–Crippen MR) is 126 cm³/mol. The van der Waals surface area contributed by atoms with Crippen molar-refractivity contribution in [1.82, 2.24) is 14.7 Å². The van der Waals surface area contributed by atoms with Crippen molar-refractivity contribution in [3.8, 4) is 5.88 Å². The Labute approximate surface area is 195 Å². The number of pyridine rings is 2. The Morgan fingerprint density at radius 1 is 1.12 bits per heavy atom. The van der Waals surface area contributed by atoms with Gasteiger partial charge in [-0.1, -0.05) is 19.4 Å². The fraction of sp³-hybridized carbons (Fsp3) is 0.542. The topological polar surface area (TPSA) is 101 Å². The van der Waals surface area contributed by atoms with E-state index >= 15 is 0 Å². The van der Waals surface area contributed by atoms with E-state index < -0.39 is 15.9 Å². The third-order valence-corrected chi connectivity index (χ3v) is 8.25. The van der Waals surface area contributed by atoms with Crippen LogP contribution < -0.4 is 14.4 Å². The molecule has 2 aromatic rings. The van der Waals surface area contributed by atoms with Crippen molar-refractivity contribution in [3.63, 3.8) is 0 Å². The van der Waals surface area contributed by atoms with E-state index in [1.54, 1.807) is 30.5 Å². The highest BCUT2D eigenvalue weighted by molar-refractivity contribution is 7.90. The first-order valence-corrected chi connectivity index (χ1v) is 13.1. The number of aromatic nitrogens is 2. The monoisotopic (exact) mass is 472 g/mol. The highest BCUT2D eigenvalue weighted by Gasteiger charge is 2.40. The van der Waals surface area contributed by atoms with Crippen LogP contribution >= 0.6 is 0 Å². The van der Waals surface area contributed by atoms with E-state index in [-0.39, 0.29) is 28.1 Å². The molecule has 0 bridgehead atoms. The zero-order valence-electron chi connectivity index (χ0n) is 19.5. The first-order valence-electron chi connectivity index (χ1n) is 11.6. The van der Waals surface area contributed by atoms with Crippen molar-refractivity contribution in [2.75, 3.05) is 11.4 Å². The first-order chi connectivity index (χ1) is 15.7. The lowest BCUT2D eigenvalue weighted by Gasteiger charge is -2.36. The summed E-state index contributed by atoms with van der Waals surface area (Å²) >= 11 is 0. The SMILES string of the molecule is CC1CCN(c2ncccc2C(=O)NS(=O)(=O)c2cccc(OC3CCCCC3)n2)C1(C)C. The molecule has 1 atom stereocenters. The van der Waals surface area contributed by atoms with Gasteiger partial charge < -0.3 is 9.64 Å². The molecule has 1 saturated carbocycles. The summed E-state index contributed by atoms with van der Waals surface area (Å²) in [5.41, 5.74) is 0.0204. The fourth-order valence-electron chi connectivity index (χ4n) is 4.59. The van der Waals surface area contributed by atoms with Gasteiger partial charge in [-0.05, 0) is 70.1 Å². The fourth-order valence-corrected chi connectivity index (χ4v) is 5.52. The molecule has 178 valence electrons. The molecule has 3 heterocycles. The smallest absolute Gasteiger partial charge is 0.281 e. The molecule has 1 aliphatic heterocycles. The average Bonchev–Trinajstić information content (AvgIpc) is 3.06. The third kappa shape index (κ3) is 4.98. The van der Waals surface area contributed by atoms with Crippen LogP contribution in [-0.4, -0.2) is 42.5 Å². The number of hydrogen-bond donors (Lipinski definition) is 1. The van der Waals surface area contributed by atoms with Crippen molar-refractivity contribution in [1.29, 1.82) is 0 Å². The van der Waals surface area contributed by atoms with Gasteiger partial charge in [0.15, 0.2) is 5.03 Å². The van der Waals surface area contributed by atoms with Gasteiger partial charge in [0.2, 0.25) is 5.88 Å². The largest absolute Gasteiger partial charge is 0.474 e. The Balaban J connectivity index is 1.54. The van der Waals surface area contributed by atoms with Crippen LogP contribution in [0.2, 0.25) is 0 Å². The summed E-state index contributed by atoms with van der Waals surface area (Å²) in [6, 6.07) is 7.81. The Morgan fingerprint density at radius 3 is 2.58 bits per heavy atom. The van der Waals surface area contributed by atoms with Gasteiger partial charge in [0.25, 0.3) is 15.9 Å². The third-order valence-electron chi connectivity index (χ3n) is 7.01. The Morgan fingerprint density at radius 2 is 1.88 bits per heavy atom. The number of rotatable bonds is 6. The second-order valence-corrected chi connectivity index (χ2v) is 11.1. The number of carbonyl (C=O) groups is 1. The van der Waals surface area contributed by atoms with E-state index in [9.17, 15) is 13.2 Å². The lowest BCUT2D eigenvalue weighted by atomic mass is 9.90. The van der Waals surface area contributed by atoms with Gasteiger partial charge in [-0.15, -0.1) is 0 Å². The molecule has 1 saturated heterocycles. The minimum absolute atomic E-state index is 0.0444. The molecule has 1 N–H and O–H groups in total. The summed E-state index contributed by atoms with van der Waals surface area (Å²) in [6.07, 6.45) is 7.89. The van der Waals surface area contributed by atoms with Gasteiger partial charge in [-0.2, -0.15) is 13.4 Å². The van der Waals surface area contributed by atoms with Gasteiger partial charge in [0.05, 0.1) is 5.56 Å². The van der Waals surface area contributed by atoms with Crippen molar-refractivity contribution >= 4 is 21.7 Å². The second-order valence-electron chi connectivity index (χ2n) is 9.50. The van der Waals surface area contributed by atoms with Crippen LogP contribution in [0.1, 0.15) is 69.7 Å². The lowest BCUT2D eigenvalue weighted by Crippen LogP contribution is -2.43. The minimum Gasteiger partial charge on any atom is -0.474 e.